The predicted octanol–water partition coefficient (Wildman–Crippen LogP) is 4.66. The number of hydrogen-bond acceptors (Lipinski definition) is 2. The van der Waals surface area contributed by atoms with Crippen LogP contribution in [-0.4, -0.2) is 6.04 Å². The van der Waals surface area contributed by atoms with Crippen molar-refractivity contribution >= 4 is 23.4 Å². The molecule has 100 valence electrons. The van der Waals surface area contributed by atoms with E-state index in [2.05, 4.69) is 0 Å². The van der Waals surface area contributed by atoms with E-state index in [1.807, 2.05) is 37.3 Å². The van der Waals surface area contributed by atoms with Gasteiger partial charge >= 0.3 is 0 Å². The smallest absolute Gasteiger partial charge is 0.123 e. The van der Waals surface area contributed by atoms with Gasteiger partial charge in [-0.2, -0.15) is 0 Å². The van der Waals surface area contributed by atoms with Crippen molar-refractivity contribution in [3.63, 3.8) is 0 Å². The van der Waals surface area contributed by atoms with Gasteiger partial charge in [0.15, 0.2) is 0 Å². The second kappa shape index (κ2) is 6.42. The van der Waals surface area contributed by atoms with Crippen LogP contribution in [-0.2, 0) is 0 Å². The summed E-state index contributed by atoms with van der Waals surface area (Å²) in [5.74, 6) is -0.247. The van der Waals surface area contributed by atoms with Crippen LogP contribution in [0.5, 0.6) is 0 Å². The van der Waals surface area contributed by atoms with Crippen molar-refractivity contribution < 1.29 is 4.39 Å². The highest BCUT2D eigenvalue weighted by atomic mass is 35.5. The third kappa shape index (κ3) is 3.72. The Balaban J connectivity index is 2.29. The minimum Gasteiger partial charge on any atom is -0.327 e. The number of rotatable bonds is 4. The van der Waals surface area contributed by atoms with Gasteiger partial charge < -0.3 is 5.73 Å². The first-order valence-corrected chi connectivity index (χ1v) is 7.26. The summed E-state index contributed by atoms with van der Waals surface area (Å²) in [7, 11) is 0. The first-order valence-electron chi connectivity index (χ1n) is 6.00. The van der Waals surface area contributed by atoms with Crippen molar-refractivity contribution in [3.8, 4) is 0 Å². The van der Waals surface area contributed by atoms with E-state index >= 15 is 0 Å². The van der Waals surface area contributed by atoms with Crippen molar-refractivity contribution in [2.24, 2.45) is 5.73 Å². The van der Waals surface area contributed by atoms with Crippen LogP contribution in [0.1, 0.15) is 17.7 Å². The Morgan fingerprint density at radius 1 is 1.16 bits per heavy atom. The zero-order valence-corrected chi connectivity index (χ0v) is 12.1. The average Bonchev–Trinajstić information content (AvgIpc) is 2.37. The van der Waals surface area contributed by atoms with Crippen molar-refractivity contribution in [2.75, 3.05) is 0 Å². The van der Waals surface area contributed by atoms with Gasteiger partial charge in [0.05, 0.1) is 5.02 Å². The second-order valence-corrected chi connectivity index (χ2v) is 5.97. The fourth-order valence-corrected chi connectivity index (χ4v) is 3.22. The van der Waals surface area contributed by atoms with E-state index in [9.17, 15) is 4.39 Å². The van der Waals surface area contributed by atoms with Crippen molar-refractivity contribution in [2.45, 2.75) is 23.1 Å². The maximum atomic E-state index is 13.3. The molecule has 2 N–H and O–H groups in total. The fraction of sp³-hybridized carbons (Fsp3) is 0.200. The zero-order valence-electron chi connectivity index (χ0n) is 10.5. The topological polar surface area (TPSA) is 26.0 Å². The quantitative estimate of drug-likeness (QED) is 0.830. The molecule has 0 aliphatic rings. The van der Waals surface area contributed by atoms with Crippen LogP contribution in [0.3, 0.4) is 0 Å². The van der Waals surface area contributed by atoms with Gasteiger partial charge in [0, 0.05) is 16.2 Å². The van der Waals surface area contributed by atoms with Gasteiger partial charge in [-0.1, -0.05) is 35.9 Å². The molecule has 0 aromatic heterocycles. The Kier molecular flexibility index (Phi) is 4.86. The van der Waals surface area contributed by atoms with Crippen LogP contribution in [0.2, 0.25) is 5.02 Å². The minimum absolute atomic E-state index is 0.0319. The molecule has 2 aromatic carbocycles. The highest BCUT2D eigenvalue weighted by Gasteiger charge is 2.19. The lowest BCUT2D eigenvalue weighted by molar-refractivity contribution is 0.622. The molecule has 2 aromatic rings. The molecule has 0 spiro atoms. The normalized spacial score (nSPS) is 14.1. The lowest BCUT2D eigenvalue weighted by atomic mass is 10.1. The van der Waals surface area contributed by atoms with Crippen LogP contribution in [0.15, 0.2) is 53.4 Å². The molecule has 2 atom stereocenters. The molecular weight excluding hydrogens is 281 g/mol. The lowest BCUT2D eigenvalue weighted by Gasteiger charge is -2.21. The fourth-order valence-electron chi connectivity index (χ4n) is 1.84. The Morgan fingerprint density at radius 3 is 2.53 bits per heavy atom. The van der Waals surface area contributed by atoms with Crippen molar-refractivity contribution in [3.05, 3.63) is 64.9 Å². The van der Waals surface area contributed by atoms with Gasteiger partial charge in [0.25, 0.3) is 0 Å². The lowest BCUT2D eigenvalue weighted by Crippen LogP contribution is -2.22. The van der Waals surface area contributed by atoms with Crippen LogP contribution in [0.4, 0.5) is 4.39 Å². The van der Waals surface area contributed by atoms with Gasteiger partial charge in [-0.25, -0.2) is 4.39 Å². The molecule has 0 heterocycles. The summed E-state index contributed by atoms with van der Waals surface area (Å²) < 4.78 is 13.3. The number of thioether (sulfide) groups is 1. The summed E-state index contributed by atoms with van der Waals surface area (Å²) in [6.45, 7) is 1.92. The van der Waals surface area contributed by atoms with E-state index in [4.69, 9.17) is 17.3 Å². The zero-order chi connectivity index (χ0) is 13.8. The van der Waals surface area contributed by atoms with E-state index in [1.54, 1.807) is 17.8 Å². The first kappa shape index (κ1) is 14.4. The summed E-state index contributed by atoms with van der Waals surface area (Å²) >= 11 is 7.72. The van der Waals surface area contributed by atoms with Gasteiger partial charge in [-0.3, -0.25) is 0 Å². The molecule has 0 aliphatic heterocycles. The SMILES string of the molecule is CC(N)C(Sc1ccccc1Cl)c1cccc(F)c1. The molecule has 1 nitrogen and oxygen atoms in total. The van der Waals surface area contributed by atoms with E-state index in [0.29, 0.717) is 5.02 Å². The van der Waals surface area contributed by atoms with Gasteiger partial charge in [-0.05, 0) is 36.8 Å². The van der Waals surface area contributed by atoms with E-state index in [0.717, 1.165) is 10.5 Å². The molecule has 4 heteroatoms. The third-order valence-corrected chi connectivity index (χ3v) is 4.75. The van der Waals surface area contributed by atoms with E-state index < -0.39 is 0 Å². The maximum Gasteiger partial charge on any atom is 0.123 e. The number of halogens is 2. The molecule has 2 unspecified atom stereocenters. The molecule has 0 amide bonds. The third-order valence-electron chi connectivity index (χ3n) is 2.75. The van der Waals surface area contributed by atoms with Gasteiger partial charge in [-0.15, -0.1) is 11.8 Å². The van der Waals surface area contributed by atoms with E-state index in [1.165, 1.54) is 12.1 Å². The average molecular weight is 296 g/mol. The first-order chi connectivity index (χ1) is 9.08. The highest BCUT2D eigenvalue weighted by molar-refractivity contribution is 7.99. The van der Waals surface area contributed by atoms with Gasteiger partial charge in [0.2, 0.25) is 0 Å². The number of benzene rings is 2. The van der Waals surface area contributed by atoms with E-state index in [-0.39, 0.29) is 17.1 Å². The highest BCUT2D eigenvalue weighted by Crippen LogP contribution is 2.40. The second-order valence-electron chi connectivity index (χ2n) is 4.38. The van der Waals surface area contributed by atoms with Crippen LogP contribution in [0, 0.1) is 5.82 Å². The Labute approximate surface area is 122 Å². The van der Waals surface area contributed by atoms with Crippen molar-refractivity contribution in [1.29, 1.82) is 0 Å². The number of nitrogens with two attached hydrogens (primary N) is 1. The maximum absolute atomic E-state index is 13.3. The van der Waals surface area contributed by atoms with Crippen LogP contribution >= 0.6 is 23.4 Å². The number of hydrogen-bond donors (Lipinski definition) is 1. The molecule has 19 heavy (non-hydrogen) atoms. The Morgan fingerprint density at radius 2 is 1.89 bits per heavy atom. The molecule has 0 fully saturated rings. The molecule has 0 aliphatic carbocycles. The predicted molar refractivity (Wildman–Crippen MR) is 80.1 cm³/mol. The standard InChI is InChI=1S/C15H15ClFNS/c1-10(18)15(11-5-4-6-12(17)9-11)19-14-8-3-2-7-13(14)16/h2-10,15H,18H2,1H3. The largest absolute Gasteiger partial charge is 0.327 e. The molecule has 2 rings (SSSR count). The molecule has 0 radical (unpaired) electrons. The summed E-state index contributed by atoms with van der Waals surface area (Å²) in [5.41, 5.74) is 6.91. The van der Waals surface area contributed by atoms with Crippen LogP contribution < -0.4 is 5.73 Å². The van der Waals surface area contributed by atoms with Crippen molar-refractivity contribution in [1.82, 2.24) is 0 Å². The minimum atomic E-state index is -0.247. The Bertz CT molecular complexity index is 559. The monoisotopic (exact) mass is 295 g/mol. The molecule has 0 bridgehead atoms. The summed E-state index contributed by atoms with van der Waals surface area (Å²) in [6.07, 6.45) is 0. The molecular formula is C15H15ClFNS. The van der Waals surface area contributed by atoms with Gasteiger partial charge in [0.1, 0.15) is 5.82 Å². The summed E-state index contributed by atoms with van der Waals surface area (Å²) in [5, 5.41) is 0.658. The van der Waals surface area contributed by atoms with Crippen LogP contribution in [0.25, 0.3) is 0 Å². The summed E-state index contributed by atoms with van der Waals surface area (Å²) in [4.78, 5) is 0.954. The Hall–Kier alpha value is -1.03. The summed E-state index contributed by atoms with van der Waals surface area (Å²) in [6, 6.07) is 14.0. The molecule has 0 saturated carbocycles. The molecule has 0 saturated heterocycles.